The van der Waals surface area contributed by atoms with Gasteiger partial charge in [0.15, 0.2) is 22.8 Å². The molecule has 2 aromatic heterocycles. The zero-order valence-electron chi connectivity index (χ0n) is 24.4. The summed E-state index contributed by atoms with van der Waals surface area (Å²) in [7, 11) is 2.06. The minimum atomic E-state index is -0.139. The van der Waals surface area contributed by atoms with Crippen LogP contribution in [0.25, 0.3) is 22.6 Å². The van der Waals surface area contributed by atoms with Crippen molar-refractivity contribution in [3.63, 3.8) is 0 Å². The molecule has 12 heteroatoms. The molecule has 0 saturated carbocycles. The van der Waals surface area contributed by atoms with Crippen molar-refractivity contribution in [3.8, 4) is 11.4 Å². The number of aromatic nitrogens is 4. The fourth-order valence-electron chi connectivity index (χ4n) is 5.42. The summed E-state index contributed by atoms with van der Waals surface area (Å²) in [4.78, 5) is 57.0. The number of nitrogens with one attached hydrogen (secondary N) is 2. The van der Waals surface area contributed by atoms with Crippen LogP contribution in [0.1, 0.15) is 30.1 Å². The van der Waals surface area contributed by atoms with Crippen molar-refractivity contribution >= 4 is 46.1 Å². The highest BCUT2D eigenvalue weighted by Crippen LogP contribution is 2.28. The normalized spacial score (nSPS) is 15.7. The lowest BCUT2D eigenvalue weighted by molar-refractivity contribution is -0.127. The Morgan fingerprint density at radius 3 is 2.28 bits per heavy atom. The molecule has 2 fully saturated rings. The van der Waals surface area contributed by atoms with Gasteiger partial charge in [-0.3, -0.25) is 14.4 Å². The van der Waals surface area contributed by atoms with Gasteiger partial charge in [0.2, 0.25) is 11.8 Å². The summed E-state index contributed by atoms with van der Waals surface area (Å²) in [6.45, 7) is 6.53. The number of likely N-dealkylation sites (tertiary alicyclic amines) is 1. The van der Waals surface area contributed by atoms with Crippen molar-refractivity contribution in [2.45, 2.75) is 26.3 Å². The Labute approximate surface area is 249 Å². The van der Waals surface area contributed by atoms with Gasteiger partial charge in [-0.1, -0.05) is 12.1 Å². The number of imidazole rings is 1. The van der Waals surface area contributed by atoms with Gasteiger partial charge in [0.25, 0.3) is 5.91 Å². The molecule has 2 aliphatic heterocycles. The van der Waals surface area contributed by atoms with Gasteiger partial charge in [-0.05, 0) is 49.9 Å². The first-order chi connectivity index (χ1) is 20.8. The van der Waals surface area contributed by atoms with Gasteiger partial charge in [-0.15, -0.1) is 0 Å². The molecular formula is C31H35N9O3. The molecule has 4 heterocycles. The number of fused-ring (bicyclic) bond motifs is 1. The van der Waals surface area contributed by atoms with Crippen molar-refractivity contribution < 1.29 is 14.4 Å². The van der Waals surface area contributed by atoms with E-state index in [1.165, 1.54) is 6.92 Å². The van der Waals surface area contributed by atoms with Crippen LogP contribution in [0.5, 0.6) is 0 Å². The predicted molar refractivity (Wildman–Crippen MR) is 164 cm³/mol. The fraction of sp³-hybridized carbons (Fsp3) is 0.355. The van der Waals surface area contributed by atoms with Crippen molar-refractivity contribution in [3.05, 3.63) is 60.4 Å². The Kier molecular flexibility index (Phi) is 8.01. The molecule has 2 aliphatic rings. The van der Waals surface area contributed by atoms with E-state index in [9.17, 15) is 14.4 Å². The zero-order chi connectivity index (χ0) is 29.9. The molecule has 2 N–H and O–H groups in total. The molecule has 0 unspecified atom stereocenters. The molecule has 2 aromatic carbocycles. The second-order valence-electron chi connectivity index (χ2n) is 11.0. The van der Waals surface area contributed by atoms with Crippen LogP contribution in [0.4, 0.5) is 17.2 Å². The number of piperazine rings is 1. The summed E-state index contributed by atoms with van der Waals surface area (Å²) in [5.74, 6) is 1.08. The van der Waals surface area contributed by atoms with E-state index in [0.29, 0.717) is 66.7 Å². The molecule has 0 spiro atoms. The Morgan fingerprint density at radius 1 is 0.884 bits per heavy atom. The lowest BCUT2D eigenvalue weighted by atomic mass is 10.1. The topological polar surface area (TPSA) is 129 Å². The quantitative estimate of drug-likeness (QED) is 0.325. The Bertz CT molecular complexity index is 1640. The van der Waals surface area contributed by atoms with Gasteiger partial charge in [-0.2, -0.15) is 0 Å². The van der Waals surface area contributed by atoms with Gasteiger partial charge in [0.1, 0.15) is 0 Å². The van der Waals surface area contributed by atoms with E-state index in [1.807, 2.05) is 62.9 Å². The number of nitrogens with zero attached hydrogens (tertiary/aromatic N) is 7. The van der Waals surface area contributed by atoms with Crippen molar-refractivity contribution in [1.29, 1.82) is 0 Å². The molecule has 4 aromatic rings. The van der Waals surface area contributed by atoms with Crippen LogP contribution in [0.15, 0.2) is 54.9 Å². The Hall–Kier alpha value is -4.84. The van der Waals surface area contributed by atoms with Crippen LogP contribution in [0.2, 0.25) is 0 Å². The number of hydrogen-bond donors (Lipinski definition) is 2. The SMILES string of the molecule is CC(=O)Nc1ccc(Nc2nc(-c3ccc(C(=O)N4CCN(C)CC4)cc3)nc3c2ncn3CCN2CCCC2=O)cc1. The van der Waals surface area contributed by atoms with E-state index in [2.05, 4.69) is 27.6 Å². The number of carbonyl (C=O) groups excluding carboxylic acids is 3. The van der Waals surface area contributed by atoms with E-state index in [1.54, 1.807) is 6.33 Å². The molecular weight excluding hydrogens is 546 g/mol. The number of hydrogen-bond acceptors (Lipinski definition) is 8. The van der Waals surface area contributed by atoms with Gasteiger partial charge >= 0.3 is 0 Å². The second-order valence-corrected chi connectivity index (χ2v) is 11.0. The number of anilines is 3. The number of amides is 3. The molecule has 0 radical (unpaired) electrons. The van der Waals surface area contributed by atoms with E-state index >= 15 is 0 Å². The maximum Gasteiger partial charge on any atom is 0.253 e. The molecule has 0 aliphatic carbocycles. The maximum absolute atomic E-state index is 13.1. The van der Waals surface area contributed by atoms with Crippen molar-refractivity contribution in [2.75, 3.05) is 56.9 Å². The number of benzene rings is 2. The third-order valence-electron chi connectivity index (χ3n) is 7.89. The molecule has 3 amide bonds. The van der Waals surface area contributed by atoms with E-state index in [0.717, 1.165) is 37.3 Å². The van der Waals surface area contributed by atoms with Crippen LogP contribution < -0.4 is 10.6 Å². The highest BCUT2D eigenvalue weighted by Gasteiger charge is 2.22. The van der Waals surface area contributed by atoms with Crippen molar-refractivity contribution in [2.24, 2.45) is 0 Å². The number of carbonyl (C=O) groups is 3. The van der Waals surface area contributed by atoms with Crippen molar-refractivity contribution in [1.82, 2.24) is 34.2 Å². The first-order valence-corrected chi connectivity index (χ1v) is 14.6. The average Bonchev–Trinajstić information content (AvgIpc) is 3.62. The average molecular weight is 582 g/mol. The largest absolute Gasteiger partial charge is 0.341 e. The monoisotopic (exact) mass is 581 g/mol. The standard InChI is InChI=1S/C31H35N9O3/c1-21(41)33-24-9-11-25(12-10-24)34-29-27-30(40(20-32-27)19-18-38-13-3-4-26(38)42)36-28(35-29)22-5-7-23(8-6-22)31(43)39-16-14-37(2)15-17-39/h5-12,20H,3-4,13-19H2,1-2H3,(H,33,41)(H,34,35,36). The lowest BCUT2D eigenvalue weighted by Crippen LogP contribution is -2.47. The molecule has 0 bridgehead atoms. The predicted octanol–water partition coefficient (Wildman–Crippen LogP) is 3.21. The second kappa shape index (κ2) is 12.2. The van der Waals surface area contributed by atoms with Crippen LogP contribution in [-0.2, 0) is 16.1 Å². The van der Waals surface area contributed by atoms with Crippen LogP contribution >= 0.6 is 0 Å². The molecule has 6 rings (SSSR count). The molecule has 222 valence electrons. The summed E-state index contributed by atoms with van der Waals surface area (Å²) in [6, 6.07) is 14.7. The highest BCUT2D eigenvalue weighted by atomic mass is 16.2. The maximum atomic E-state index is 13.1. The smallest absolute Gasteiger partial charge is 0.253 e. The van der Waals surface area contributed by atoms with Crippen LogP contribution in [-0.4, -0.2) is 98.3 Å². The third kappa shape index (κ3) is 6.33. The van der Waals surface area contributed by atoms with Gasteiger partial charge in [0, 0.05) is 81.7 Å². The summed E-state index contributed by atoms with van der Waals surface area (Å²) < 4.78 is 1.95. The highest BCUT2D eigenvalue weighted by molar-refractivity contribution is 5.95. The van der Waals surface area contributed by atoms with E-state index in [-0.39, 0.29) is 17.7 Å². The first kappa shape index (κ1) is 28.3. The first-order valence-electron chi connectivity index (χ1n) is 14.6. The summed E-state index contributed by atoms with van der Waals surface area (Å²) in [5, 5.41) is 6.13. The molecule has 43 heavy (non-hydrogen) atoms. The zero-order valence-corrected chi connectivity index (χ0v) is 24.4. The van der Waals surface area contributed by atoms with Gasteiger partial charge in [-0.25, -0.2) is 15.0 Å². The summed E-state index contributed by atoms with van der Waals surface area (Å²) >= 11 is 0. The van der Waals surface area contributed by atoms with Crippen LogP contribution in [0.3, 0.4) is 0 Å². The lowest BCUT2D eigenvalue weighted by Gasteiger charge is -2.32. The summed E-state index contributed by atoms with van der Waals surface area (Å²) in [6.07, 6.45) is 3.21. The van der Waals surface area contributed by atoms with Gasteiger partial charge < -0.3 is 29.9 Å². The molecule has 12 nitrogen and oxygen atoms in total. The summed E-state index contributed by atoms with van der Waals surface area (Å²) in [5.41, 5.74) is 4.11. The van der Waals surface area contributed by atoms with E-state index < -0.39 is 0 Å². The fourth-order valence-corrected chi connectivity index (χ4v) is 5.42. The van der Waals surface area contributed by atoms with E-state index in [4.69, 9.17) is 9.97 Å². The third-order valence-corrected chi connectivity index (χ3v) is 7.89. The number of likely N-dealkylation sites (N-methyl/N-ethyl adjacent to an activating group) is 1. The Morgan fingerprint density at radius 2 is 1.60 bits per heavy atom. The minimum absolute atomic E-state index is 0.0237. The number of rotatable bonds is 8. The molecule has 2 saturated heterocycles. The molecule has 0 atom stereocenters. The van der Waals surface area contributed by atoms with Gasteiger partial charge in [0.05, 0.1) is 6.33 Å². The minimum Gasteiger partial charge on any atom is -0.341 e. The van der Waals surface area contributed by atoms with Crippen LogP contribution in [0, 0.1) is 0 Å². The Balaban J connectivity index is 1.30.